The Labute approximate surface area is 128 Å². The Bertz CT molecular complexity index is 633. The highest BCUT2D eigenvalue weighted by atomic mass is 32.2. The number of hydrogen-bond donors (Lipinski definition) is 0. The predicted molar refractivity (Wildman–Crippen MR) is 79.8 cm³/mol. The molecule has 21 heavy (non-hydrogen) atoms. The van der Waals surface area contributed by atoms with Crippen molar-refractivity contribution in [2.24, 2.45) is 0 Å². The molecule has 2 rings (SSSR count). The van der Waals surface area contributed by atoms with Crippen LogP contribution in [0.5, 0.6) is 0 Å². The molecule has 0 atom stereocenters. The molecule has 0 saturated carbocycles. The zero-order chi connectivity index (χ0) is 15.6. The number of likely N-dealkylation sites (tertiary alicyclic amines) is 1. The van der Waals surface area contributed by atoms with Gasteiger partial charge in [0.1, 0.15) is 11.1 Å². The summed E-state index contributed by atoms with van der Waals surface area (Å²) in [6.45, 7) is 6.16. The van der Waals surface area contributed by atoms with Crippen LogP contribution in [0.25, 0.3) is 0 Å². The minimum Gasteiger partial charge on any atom is -0.282 e. The van der Waals surface area contributed by atoms with Gasteiger partial charge in [0.15, 0.2) is 0 Å². The van der Waals surface area contributed by atoms with Crippen LogP contribution in [-0.2, 0) is 9.59 Å². The van der Waals surface area contributed by atoms with Gasteiger partial charge in [-0.05, 0) is 31.9 Å². The first-order chi connectivity index (χ1) is 9.95. The highest BCUT2D eigenvalue weighted by Gasteiger charge is 2.28. The van der Waals surface area contributed by atoms with E-state index >= 15 is 0 Å². The smallest absolute Gasteiger partial charge is 0.229 e. The van der Waals surface area contributed by atoms with Gasteiger partial charge in [0.05, 0.1) is 5.56 Å². The standard InChI is InChI=1S/C15H17N3O2S/c1-9-10(2)12(8-16)15(17-11(9)3)21-7-6-18-13(19)4-5-14(18)20/h4-7H2,1-3H3. The number of amides is 2. The molecule has 5 nitrogen and oxygen atoms in total. The highest BCUT2D eigenvalue weighted by Crippen LogP contribution is 2.26. The first kappa shape index (κ1) is 15.5. The zero-order valence-electron chi connectivity index (χ0n) is 12.4. The fourth-order valence-corrected chi connectivity index (χ4v) is 3.27. The number of carbonyl (C=O) groups is 2. The normalized spacial score (nSPS) is 14.7. The first-order valence-corrected chi connectivity index (χ1v) is 7.78. The lowest BCUT2D eigenvalue weighted by Gasteiger charge is -2.14. The number of aromatic nitrogens is 1. The van der Waals surface area contributed by atoms with E-state index in [1.807, 2.05) is 20.8 Å². The van der Waals surface area contributed by atoms with E-state index in [-0.39, 0.29) is 11.8 Å². The summed E-state index contributed by atoms with van der Waals surface area (Å²) in [4.78, 5) is 28.8. The van der Waals surface area contributed by atoms with Crippen molar-refractivity contribution in [1.82, 2.24) is 9.88 Å². The van der Waals surface area contributed by atoms with E-state index in [0.29, 0.717) is 35.7 Å². The molecule has 0 bridgehead atoms. The number of hydrogen-bond acceptors (Lipinski definition) is 5. The summed E-state index contributed by atoms with van der Waals surface area (Å²) in [6, 6.07) is 2.20. The van der Waals surface area contributed by atoms with Crippen molar-refractivity contribution in [1.29, 1.82) is 5.26 Å². The number of aryl methyl sites for hydroxylation is 1. The van der Waals surface area contributed by atoms with Gasteiger partial charge in [-0.15, -0.1) is 11.8 Å². The largest absolute Gasteiger partial charge is 0.282 e. The molecule has 6 heteroatoms. The highest BCUT2D eigenvalue weighted by molar-refractivity contribution is 7.99. The summed E-state index contributed by atoms with van der Waals surface area (Å²) < 4.78 is 0. The molecule has 2 heterocycles. The van der Waals surface area contributed by atoms with E-state index in [1.165, 1.54) is 16.7 Å². The van der Waals surface area contributed by atoms with Gasteiger partial charge in [-0.25, -0.2) is 4.98 Å². The van der Waals surface area contributed by atoms with Gasteiger partial charge in [0.25, 0.3) is 0 Å². The third-order valence-electron chi connectivity index (χ3n) is 3.78. The lowest BCUT2D eigenvalue weighted by atomic mass is 10.1. The van der Waals surface area contributed by atoms with Crippen molar-refractivity contribution < 1.29 is 9.59 Å². The maximum Gasteiger partial charge on any atom is 0.229 e. The van der Waals surface area contributed by atoms with Gasteiger partial charge in [-0.3, -0.25) is 14.5 Å². The molecule has 0 unspecified atom stereocenters. The molecular weight excluding hydrogens is 286 g/mol. The van der Waals surface area contributed by atoms with Crippen LogP contribution in [0.15, 0.2) is 5.03 Å². The summed E-state index contributed by atoms with van der Waals surface area (Å²) in [5.74, 6) is 0.344. The summed E-state index contributed by atoms with van der Waals surface area (Å²) in [7, 11) is 0. The van der Waals surface area contributed by atoms with Crippen LogP contribution in [-0.4, -0.2) is 34.0 Å². The van der Waals surface area contributed by atoms with Crippen molar-refractivity contribution in [2.45, 2.75) is 38.6 Å². The van der Waals surface area contributed by atoms with Gasteiger partial charge in [0, 0.05) is 30.8 Å². The van der Waals surface area contributed by atoms with E-state index in [0.717, 1.165) is 16.8 Å². The van der Waals surface area contributed by atoms with Crippen molar-refractivity contribution in [3.63, 3.8) is 0 Å². The van der Waals surface area contributed by atoms with E-state index in [2.05, 4.69) is 11.1 Å². The topological polar surface area (TPSA) is 74.1 Å². The van der Waals surface area contributed by atoms with Gasteiger partial charge >= 0.3 is 0 Å². The number of imide groups is 1. The molecule has 0 aromatic carbocycles. The molecule has 2 amide bonds. The third-order valence-corrected chi connectivity index (χ3v) is 4.74. The second-order valence-electron chi connectivity index (χ2n) is 5.03. The first-order valence-electron chi connectivity index (χ1n) is 6.79. The fourth-order valence-electron chi connectivity index (χ4n) is 2.25. The third kappa shape index (κ3) is 3.08. The monoisotopic (exact) mass is 303 g/mol. The van der Waals surface area contributed by atoms with E-state index in [1.54, 1.807) is 0 Å². The summed E-state index contributed by atoms with van der Waals surface area (Å²) in [6.07, 6.45) is 0.627. The Morgan fingerprint density at radius 2 is 1.81 bits per heavy atom. The summed E-state index contributed by atoms with van der Waals surface area (Å²) >= 11 is 1.42. The molecule has 1 saturated heterocycles. The van der Waals surface area contributed by atoms with Crippen molar-refractivity contribution in [2.75, 3.05) is 12.3 Å². The molecule has 0 aliphatic carbocycles. The number of nitrogens with zero attached hydrogens (tertiary/aromatic N) is 3. The Hall–Kier alpha value is -1.87. The van der Waals surface area contributed by atoms with Crippen LogP contribution in [0.3, 0.4) is 0 Å². The molecule has 1 aliphatic rings. The quantitative estimate of drug-likeness (QED) is 0.629. The molecule has 0 spiro atoms. The second-order valence-corrected chi connectivity index (χ2v) is 6.11. The minimum atomic E-state index is -0.106. The number of nitriles is 1. The number of carbonyl (C=O) groups excluding carboxylic acids is 2. The van der Waals surface area contributed by atoms with Crippen molar-refractivity contribution in [3.8, 4) is 6.07 Å². The molecule has 0 N–H and O–H groups in total. The SMILES string of the molecule is Cc1nc(SCCN2C(=O)CCC2=O)c(C#N)c(C)c1C. The lowest BCUT2D eigenvalue weighted by Crippen LogP contribution is -2.31. The van der Waals surface area contributed by atoms with Crippen molar-refractivity contribution in [3.05, 3.63) is 22.4 Å². The van der Waals surface area contributed by atoms with Gasteiger partial charge in [-0.2, -0.15) is 5.26 Å². The Morgan fingerprint density at radius 3 is 2.38 bits per heavy atom. The maximum atomic E-state index is 11.5. The van der Waals surface area contributed by atoms with E-state index in [4.69, 9.17) is 0 Å². The molecule has 1 aromatic heterocycles. The van der Waals surface area contributed by atoms with Gasteiger partial charge < -0.3 is 0 Å². The predicted octanol–water partition coefficient (Wildman–Crippen LogP) is 2.12. The Kier molecular flexibility index (Phi) is 4.63. The second kappa shape index (κ2) is 6.27. The zero-order valence-corrected chi connectivity index (χ0v) is 13.2. The van der Waals surface area contributed by atoms with Crippen LogP contribution in [0.4, 0.5) is 0 Å². The molecule has 0 radical (unpaired) electrons. The average molecular weight is 303 g/mol. The lowest BCUT2D eigenvalue weighted by molar-refractivity contribution is -0.137. The molecule has 1 aromatic rings. The number of rotatable bonds is 4. The summed E-state index contributed by atoms with van der Waals surface area (Å²) in [5.41, 5.74) is 3.46. The van der Waals surface area contributed by atoms with Crippen LogP contribution in [0.2, 0.25) is 0 Å². The molecule has 1 fully saturated rings. The Balaban J connectivity index is 2.09. The van der Waals surface area contributed by atoms with Crippen LogP contribution in [0.1, 0.15) is 35.2 Å². The maximum absolute atomic E-state index is 11.5. The van der Waals surface area contributed by atoms with Gasteiger partial charge in [0.2, 0.25) is 11.8 Å². The minimum absolute atomic E-state index is 0.106. The molecular formula is C15H17N3O2S. The molecule has 1 aliphatic heterocycles. The Morgan fingerprint density at radius 1 is 1.19 bits per heavy atom. The number of pyridine rings is 1. The molecule has 110 valence electrons. The van der Waals surface area contributed by atoms with E-state index in [9.17, 15) is 14.9 Å². The summed E-state index contributed by atoms with van der Waals surface area (Å²) in [5, 5.41) is 9.97. The fraction of sp³-hybridized carbons (Fsp3) is 0.467. The van der Waals surface area contributed by atoms with Crippen LogP contribution < -0.4 is 0 Å². The van der Waals surface area contributed by atoms with E-state index < -0.39 is 0 Å². The average Bonchev–Trinajstić information content (AvgIpc) is 2.77. The van der Waals surface area contributed by atoms with Crippen LogP contribution >= 0.6 is 11.8 Å². The van der Waals surface area contributed by atoms with Gasteiger partial charge in [-0.1, -0.05) is 0 Å². The van der Waals surface area contributed by atoms with Crippen molar-refractivity contribution >= 4 is 23.6 Å². The number of thioether (sulfide) groups is 1. The van der Waals surface area contributed by atoms with Crippen LogP contribution in [0, 0.1) is 32.1 Å².